The highest BCUT2D eigenvalue weighted by Gasteiger charge is 2.21. The molecule has 1 N–H and O–H groups in total. The molecule has 1 fully saturated rings. The van der Waals surface area contributed by atoms with Crippen molar-refractivity contribution in [1.82, 2.24) is 9.88 Å². The molecule has 0 saturated carbocycles. The Morgan fingerprint density at radius 2 is 1.81 bits per heavy atom. The summed E-state index contributed by atoms with van der Waals surface area (Å²) in [6, 6.07) is 8.12. The summed E-state index contributed by atoms with van der Waals surface area (Å²) >= 11 is 0. The lowest BCUT2D eigenvalue weighted by Gasteiger charge is -2.36. The van der Waals surface area contributed by atoms with Gasteiger partial charge in [0.05, 0.1) is 25.3 Å². The fourth-order valence-electron chi connectivity index (χ4n) is 4.01. The minimum absolute atomic E-state index is 0.0266. The number of aromatic hydroxyl groups is 1. The number of aldehydes is 1. The topological polar surface area (TPSA) is 75.1 Å². The summed E-state index contributed by atoms with van der Waals surface area (Å²) in [4.78, 5) is 19.9. The third-order valence-electron chi connectivity index (χ3n) is 5.64. The Morgan fingerprint density at radius 1 is 1.10 bits per heavy atom. The van der Waals surface area contributed by atoms with Crippen LogP contribution in [0.5, 0.6) is 17.2 Å². The zero-order chi connectivity index (χ0) is 22.0. The van der Waals surface area contributed by atoms with Crippen molar-refractivity contribution in [2.24, 2.45) is 0 Å². The molecule has 0 amide bonds. The van der Waals surface area contributed by atoms with E-state index >= 15 is 0 Å². The predicted molar refractivity (Wildman–Crippen MR) is 116 cm³/mol. The highest BCUT2D eigenvalue weighted by Crippen LogP contribution is 2.36. The number of piperazine rings is 1. The van der Waals surface area contributed by atoms with Gasteiger partial charge < -0.3 is 19.5 Å². The Labute approximate surface area is 179 Å². The van der Waals surface area contributed by atoms with Crippen LogP contribution in [0.25, 0.3) is 10.9 Å². The standard InChI is InChI=1S/C23H24FN3O4/c1-30-21-11-18-19(12-22(21)31-2)25-4-3-20(18)27-7-5-26(6-8-27)13-15-9-17(24)10-16(14-28)23(15)29/h3-4,9-12,14,29H,5-8,13H2,1-2H3. The summed E-state index contributed by atoms with van der Waals surface area (Å²) in [5.74, 6) is 0.602. The highest BCUT2D eigenvalue weighted by molar-refractivity contribution is 5.94. The number of pyridine rings is 1. The van der Waals surface area contributed by atoms with E-state index in [0.29, 0.717) is 29.9 Å². The number of phenolic OH excluding ortho intramolecular Hbond substituents is 1. The van der Waals surface area contributed by atoms with Crippen molar-refractivity contribution < 1.29 is 23.8 Å². The number of fused-ring (bicyclic) bond motifs is 1. The van der Waals surface area contributed by atoms with E-state index in [9.17, 15) is 14.3 Å². The molecule has 0 bridgehead atoms. The maximum absolute atomic E-state index is 13.8. The molecule has 0 spiro atoms. The van der Waals surface area contributed by atoms with E-state index in [1.165, 1.54) is 6.07 Å². The summed E-state index contributed by atoms with van der Waals surface area (Å²) in [5.41, 5.74) is 2.27. The molecular weight excluding hydrogens is 401 g/mol. The number of anilines is 1. The van der Waals surface area contributed by atoms with E-state index in [0.717, 1.165) is 48.8 Å². The van der Waals surface area contributed by atoms with Crippen LogP contribution in [0, 0.1) is 5.82 Å². The molecule has 162 valence electrons. The molecule has 0 unspecified atom stereocenters. The maximum atomic E-state index is 13.8. The number of halogens is 1. The molecular formula is C23H24FN3O4. The quantitative estimate of drug-likeness (QED) is 0.608. The SMILES string of the molecule is COc1cc2nccc(N3CCN(Cc4cc(F)cc(C=O)c4O)CC3)c2cc1OC. The van der Waals surface area contributed by atoms with Crippen molar-refractivity contribution in [2.75, 3.05) is 45.3 Å². The number of carbonyl (C=O) groups is 1. The Bertz CT molecular complexity index is 1110. The molecule has 0 aliphatic carbocycles. The monoisotopic (exact) mass is 425 g/mol. The first-order valence-corrected chi connectivity index (χ1v) is 9.98. The number of hydrogen-bond acceptors (Lipinski definition) is 7. The molecule has 4 rings (SSSR count). The lowest BCUT2D eigenvalue weighted by atomic mass is 10.1. The Hall–Kier alpha value is -3.39. The first-order chi connectivity index (χ1) is 15.0. The number of rotatable bonds is 6. The van der Waals surface area contributed by atoms with Crippen LogP contribution in [0.2, 0.25) is 0 Å². The van der Waals surface area contributed by atoms with Crippen LogP contribution in [-0.4, -0.2) is 61.7 Å². The molecule has 3 aromatic rings. The van der Waals surface area contributed by atoms with Crippen molar-refractivity contribution in [3.63, 3.8) is 0 Å². The van der Waals surface area contributed by atoms with Gasteiger partial charge in [-0.2, -0.15) is 0 Å². The Kier molecular flexibility index (Phi) is 5.90. The summed E-state index contributed by atoms with van der Waals surface area (Å²) in [7, 11) is 3.21. The first kappa shape index (κ1) is 20.9. The number of methoxy groups -OCH3 is 2. The summed E-state index contributed by atoms with van der Waals surface area (Å²) in [6.07, 6.45) is 2.25. The number of aromatic nitrogens is 1. The zero-order valence-electron chi connectivity index (χ0n) is 17.5. The van der Waals surface area contributed by atoms with Crippen LogP contribution in [0.3, 0.4) is 0 Å². The molecule has 2 heterocycles. The van der Waals surface area contributed by atoms with Crippen LogP contribution in [0.15, 0.2) is 36.5 Å². The number of benzene rings is 2. The van der Waals surface area contributed by atoms with E-state index in [4.69, 9.17) is 9.47 Å². The van der Waals surface area contributed by atoms with Gasteiger partial charge in [0.1, 0.15) is 11.6 Å². The molecule has 1 aliphatic heterocycles. The van der Waals surface area contributed by atoms with Crippen molar-refractivity contribution in [1.29, 1.82) is 0 Å². The third-order valence-corrected chi connectivity index (χ3v) is 5.64. The molecule has 1 aromatic heterocycles. The van der Waals surface area contributed by atoms with Crippen LogP contribution in [-0.2, 0) is 6.54 Å². The van der Waals surface area contributed by atoms with Gasteiger partial charge in [-0.3, -0.25) is 14.7 Å². The highest BCUT2D eigenvalue weighted by atomic mass is 19.1. The number of phenols is 1. The smallest absolute Gasteiger partial charge is 0.162 e. The van der Waals surface area contributed by atoms with Gasteiger partial charge in [0.2, 0.25) is 0 Å². The van der Waals surface area contributed by atoms with Crippen molar-refractivity contribution in [3.05, 3.63) is 53.5 Å². The summed E-state index contributed by atoms with van der Waals surface area (Å²) in [6.45, 7) is 3.33. The zero-order valence-corrected chi connectivity index (χ0v) is 17.5. The normalized spacial score (nSPS) is 14.6. The molecule has 2 aromatic carbocycles. The molecule has 1 aliphatic rings. The predicted octanol–water partition coefficient (Wildman–Crippen LogP) is 3.23. The number of ether oxygens (including phenoxy) is 2. The second-order valence-corrected chi connectivity index (χ2v) is 7.44. The molecule has 8 heteroatoms. The lowest BCUT2D eigenvalue weighted by molar-refractivity contribution is 0.112. The number of carbonyl (C=O) groups excluding carboxylic acids is 1. The van der Waals surface area contributed by atoms with E-state index < -0.39 is 5.82 Å². The number of hydrogen-bond donors (Lipinski definition) is 1. The van der Waals surface area contributed by atoms with Crippen molar-refractivity contribution >= 4 is 22.9 Å². The lowest BCUT2D eigenvalue weighted by Crippen LogP contribution is -2.46. The first-order valence-electron chi connectivity index (χ1n) is 9.98. The van der Waals surface area contributed by atoms with Gasteiger partial charge in [0.15, 0.2) is 17.8 Å². The third kappa shape index (κ3) is 4.11. The molecule has 1 saturated heterocycles. The Balaban J connectivity index is 1.52. The van der Waals surface area contributed by atoms with Gasteiger partial charge in [-0.05, 0) is 24.3 Å². The van der Waals surface area contributed by atoms with Crippen LogP contribution in [0.1, 0.15) is 15.9 Å². The van der Waals surface area contributed by atoms with Crippen molar-refractivity contribution in [2.45, 2.75) is 6.54 Å². The second kappa shape index (κ2) is 8.77. The van der Waals surface area contributed by atoms with Gasteiger partial charge >= 0.3 is 0 Å². The van der Waals surface area contributed by atoms with Crippen LogP contribution < -0.4 is 14.4 Å². The van der Waals surface area contributed by atoms with Gasteiger partial charge in [-0.25, -0.2) is 4.39 Å². The summed E-state index contributed by atoms with van der Waals surface area (Å²) in [5, 5.41) is 11.2. The van der Waals surface area contributed by atoms with E-state index in [-0.39, 0.29) is 11.3 Å². The van der Waals surface area contributed by atoms with E-state index in [1.54, 1.807) is 20.4 Å². The number of nitrogens with zero attached hydrogens (tertiary/aromatic N) is 3. The van der Waals surface area contributed by atoms with Gasteiger partial charge in [-0.1, -0.05) is 0 Å². The fraction of sp³-hybridized carbons (Fsp3) is 0.304. The molecule has 31 heavy (non-hydrogen) atoms. The molecule has 7 nitrogen and oxygen atoms in total. The van der Waals surface area contributed by atoms with E-state index in [2.05, 4.69) is 14.8 Å². The van der Waals surface area contributed by atoms with Gasteiger partial charge in [-0.15, -0.1) is 0 Å². The molecule has 0 radical (unpaired) electrons. The van der Waals surface area contributed by atoms with Crippen molar-refractivity contribution in [3.8, 4) is 17.2 Å². The second-order valence-electron chi connectivity index (χ2n) is 7.44. The largest absolute Gasteiger partial charge is 0.507 e. The average Bonchev–Trinajstić information content (AvgIpc) is 2.80. The summed E-state index contributed by atoms with van der Waals surface area (Å²) < 4.78 is 24.6. The minimum Gasteiger partial charge on any atom is -0.507 e. The van der Waals surface area contributed by atoms with Crippen LogP contribution >= 0.6 is 0 Å². The van der Waals surface area contributed by atoms with Crippen LogP contribution in [0.4, 0.5) is 10.1 Å². The molecule has 0 atom stereocenters. The minimum atomic E-state index is -0.527. The van der Waals surface area contributed by atoms with Gasteiger partial charge in [0.25, 0.3) is 0 Å². The van der Waals surface area contributed by atoms with E-state index in [1.807, 2.05) is 18.2 Å². The average molecular weight is 425 g/mol. The fourth-order valence-corrected chi connectivity index (χ4v) is 4.01. The van der Waals surface area contributed by atoms with Gasteiger partial charge in [0, 0.05) is 61.6 Å². The Morgan fingerprint density at radius 3 is 2.48 bits per heavy atom. The maximum Gasteiger partial charge on any atom is 0.162 e.